The Balaban J connectivity index is 1.81. The molecule has 46 heavy (non-hydrogen) atoms. The first-order valence-corrected chi connectivity index (χ1v) is 17.4. The second-order valence-electron chi connectivity index (χ2n) is 11.2. The summed E-state index contributed by atoms with van der Waals surface area (Å²) in [4.78, 5) is 29.9. The summed E-state index contributed by atoms with van der Waals surface area (Å²) in [7, 11) is -4.17. The normalized spacial score (nSPS) is 11.9. The second-order valence-corrected chi connectivity index (χ2v) is 13.9. The zero-order valence-electron chi connectivity index (χ0n) is 26.2. The van der Waals surface area contributed by atoms with Gasteiger partial charge in [0.05, 0.1) is 20.6 Å². The third-order valence-electron chi connectivity index (χ3n) is 7.83. The number of carbonyl (C=O) groups excluding carboxylic acids is 2. The van der Waals surface area contributed by atoms with Crippen molar-refractivity contribution in [3.05, 3.63) is 129 Å². The Bertz CT molecular complexity index is 1750. The van der Waals surface area contributed by atoms with Crippen molar-refractivity contribution >= 4 is 50.7 Å². The molecular weight excluding hydrogens is 641 g/mol. The van der Waals surface area contributed by atoms with Crippen molar-refractivity contribution in [2.75, 3.05) is 17.4 Å². The van der Waals surface area contributed by atoms with Gasteiger partial charge in [-0.2, -0.15) is 0 Å². The Morgan fingerprint density at radius 3 is 2.11 bits per heavy atom. The van der Waals surface area contributed by atoms with Gasteiger partial charge in [0.1, 0.15) is 12.6 Å². The average molecular weight is 681 g/mol. The molecule has 0 aromatic heterocycles. The Kier molecular flexibility index (Phi) is 12.3. The van der Waals surface area contributed by atoms with Crippen molar-refractivity contribution in [3.63, 3.8) is 0 Å². The van der Waals surface area contributed by atoms with Crippen LogP contribution in [0, 0.1) is 13.8 Å². The highest BCUT2D eigenvalue weighted by Gasteiger charge is 2.34. The molecule has 4 aromatic rings. The maximum absolute atomic E-state index is 14.6. The van der Waals surface area contributed by atoms with Gasteiger partial charge in [-0.05, 0) is 78.9 Å². The molecular formula is C36H39Cl2N3O4S. The number of rotatable bonds is 14. The van der Waals surface area contributed by atoms with E-state index in [-0.39, 0.29) is 23.8 Å². The predicted molar refractivity (Wildman–Crippen MR) is 186 cm³/mol. The van der Waals surface area contributed by atoms with Gasteiger partial charge in [-0.15, -0.1) is 0 Å². The van der Waals surface area contributed by atoms with Crippen LogP contribution in [0.1, 0.15) is 42.0 Å². The van der Waals surface area contributed by atoms with Crippen LogP contribution in [-0.2, 0) is 32.6 Å². The molecule has 2 amide bonds. The van der Waals surface area contributed by atoms with Crippen LogP contribution >= 0.6 is 23.2 Å². The van der Waals surface area contributed by atoms with E-state index in [1.165, 1.54) is 17.0 Å². The summed E-state index contributed by atoms with van der Waals surface area (Å²) < 4.78 is 29.4. The molecule has 0 heterocycles. The second kappa shape index (κ2) is 16.1. The quantitative estimate of drug-likeness (QED) is 0.141. The van der Waals surface area contributed by atoms with Crippen LogP contribution in [0.5, 0.6) is 0 Å². The molecule has 0 radical (unpaired) electrons. The number of hydrogen-bond acceptors (Lipinski definition) is 4. The van der Waals surface area contributed by atoms with Crippen LogP contribution < -0.4 is 9.62 Å². The molecule has 1 N–H and O–H groups in total. The number of benzene rings is 4. The fourth-order valence-electron chi connectivity index (χ4n) is 5.02. The summed E-state index contributed by atoms with van der Waals surface area (Å²) in [5.74, 6) is -0.871. The number of carbonyl (C=O) groups is 2. The summed E-state index contributed by atoms with van der Waals surface area (Å²) in [6.07, 6.45) is 1.89. The SMILES string of the molecule is CCCCNC(=O)C(Cc1ccccc1)N(Cc1ccc(Cl)c(Cl)c1)C(=O)CN(c1ccc(C)c(C)c1)S(=O)(=O)c1ccccc1. The molecule has 0 bridgehead atoms. The van der Waals surface area contributed by atoms with Crippen molar-refractivity contribution in [2.24, 2.45) is 0 Å². The van der Waals surface area contributed by atoms with Crippen LogP contribution in [0.4, 0.5) is 5.69 Å². The van der Waals surface area contributed by atoms with Crippen molar-refractivity contribution in [2.45, 2.75) is 57.5 Å². The van der Waals surface area contributed by atoms with Gasteiger partial charge in [-0.25, -0.2) is 8.42 Å². The van der Waals surface area contributed by atoms with E-state index in [2.05, 4.69) is 5.32 Å². The molecule has 10 heteroatoms. The van der Waals surface area contributed by atoms with E-state index in [4.69, 9.17) is 23.2 Å². The van der Waals surface area contributed by atoms with Gasteiger partial charge in [0.2, 0.25) is 11.8 Å². The first kappa shape index (κ1) is 35.0. The largest absolute Gasteiger partial charge is 0.354 e. The highest BCUT2D eigenvalue weighted by atomic mass is 35.5. The number of anilines is 1. The molecule has 4 aromatic carbocycles. The minimum atomic E-state index is -4.17. The molecule has 0 saturated carbocycles. The Morgan fingerprint density at radius 2 is 1.48 bits per heavy atom. The van der Waals surface area contributed by atoms with Gasteiger partial charge in [-0.3, -0.25) is 13.9 Å². The number of amides is 2. The Labute approximate surface area is 282 Å². The lowest BCUT2D eigenvalue weighted by atomic mass is 10.0. The number of sulfonamides is 1. The van der Waals surface area contributed by atoms with Gasteiger partial charge in [0.25, 0.3) is 10.0 Å². The standard InChI is InChI=1S/C36H39Cl2N3O4S/c1-4-5-20-39-36(43)34(23-28-12-8-6-9-13-28)40(24-29-17-19-32(37)33(38)22-29)35(42)25-41(30-18-16-26(2)27(3)21-30)46(44,45)31-14-10-7-11-15-31/h6-19,21-22,34H,4-5,20,23-25H2,1-3H3,(H,39,43). The molecule has 0 saturated heterocycles. The van der Waals surface area contributed by atoms with E-state index < -0.39 is 28.5 Å². The summed E-state index contributed by atoms with van der Waals surface area (Å²) in [6, 6.07) is 26.8. The van der Waals surface area contributed by atoms with Gasteiger partial charge in [-0.1, -0.05) is 97.2 Å². The minimum absolute atomic E-state index is 0.000566. The van der Waals surface area contributed by atoms with E-state index >= 15 is 0 Å². The highest BCUT2D eigenvalue weighted by molar-refractivity contribution is 7.92. The third kappa shape index (κ3) is 8.90. The average Bonchev–Trinajstić information content (AvgIpc) is 3.05. The maximum atomic E-state index is 14.6. The topological polar surface area (TPSA) is 86.8 Å². The van der Waals surface area contributed by atoms with Crippen molar-refractivity contribution in [1.29, 1.82) is 0 Å². The Morgan fingerprint density at radius 1 is 0.804 bits per heavy atom. The van der Waals surface area contributed by atoms with E-state index in [0.717, 1.165) is 33.8 Å². The van der Waals surface area contributed by atoms with E-state index in [9.17, 15) is 18.0 Å². The smallest absolute Gasteiger partial charge is 0.264 e. The van der Waals surface area contributed by atoms with E-state index in [0.29, 0.717) is 27.8 Å². The summed E-state index contributed by atoms with van der Waals surface area (Å²) in [5.41, 5.74) is 3.71. The van der Waals surface area contributed by atoms with Crippen LogP contribution in [0.2, 0.25) is 10.0 Å². The highest BCUT2D eigenvalue weighted by Crippen LogP contribution is 2.28. The number of unbranched alkanes of at least 4 members (excludes halogenated alkanes) is 1. The lowest BCUT2D eigenvalue weighted by Gasteiger charge is -2.34. The molecule has 0 aliphatic carbocycles. The fourth-order valence-corrected chi connectivity index (χ4v) is 6.77. The van der Waals surface area contributed by atoms with Gasteiger partial charge < -0.3 is 10.2 Å². The number of nitrogens with zero attached hydrogens (tertiary/aromatic N) is 2. The molecule has 7 nitrogen and oxygen atoms in total. The summed E-state index contributed by atoms with van der Waals surface area (Å²) in [6.45, 7) is 5.77. The zero-order valence-corrected chi connectivity index (χ0v) is 28.6. The van der Waals surface area contributed by atoms with Crippen LogP contribution in [0.25, 0.3) is 0 Å². The molecule has 0 aliphatic heterocycles. The van der Waals surface area contributed by atoms with Crippen LogP contribution in [-0.4, -0.2) is 44.3 Å². The fraction of sp³-hybridized carbons (Fsp3) is 0.278. The number of nitrogens with one attached hydrogen (secondary N) is 1. The van der Waals surface area contributed by atoms with Crippen LogP contribution in [0.3, 0.4) is 0 Å². The van der Waals surface area contributed by atoms with Gasteiger partial charge in [0.15, 0.2) is 0 Å². The van der Waals surface area contributed by atoms with Crippen molar-refractivity contribution in [1.82, 2.24) is 10.2 Å². The number of aryl methyl sites for hydroxylation is 2. The van der Waals surface area contributed by atoms with Crippen molar-refractivity contribution < 1.29 is 18.0 Å². The Hall–Kier alpha value is -3.85. The van der Waals surface area contributed by atoms with E-state index in [1.54, 1.807) is 48.5 Å². The van der Waals surface area contributed by atoms with Gasteiger partial charge >= 0.3 is 0 Å². The monoisotopic (exact) mass is 679 g/mol. The summed E-state index contributed by atoms with van der Waals surface area (Å²) in [5, 5.41) is 3.65. The summed E-state index contributed by atoms with van der Waals surface area (Å²) >= 11 is 12.5. The molecule has 1 unspecified atom stereocenters. The third-order valence-corrected chi connectivity index (χ3v) is 10.4. The molecule has 0 aliphatic rings. The van der Waals surface area contributed by atoms with E-state index in [1.807, 2.05) is 57.2 Å². The molecule has 1 atom stereocenters. The van der Waals surface area contributed by atoms with Crippen LogP contribution in [0.15, 0.2) is 102 Å². The minimum Gasteiger partial charge on any atom is -0.354 e. The molecule has 242 valence electrons. The zero-order chi connectivity index (χ0) is 33.3. The molecule has 4 rings (SSSR count). The number of halogens is 2. The first-order chi connectivity index (χ1) is 22.0. The number of hydrogen-bond donors (Lipinski definition) is 1. The predicted octanol–water partition coefficient (Wildman–Crippen LogP) is 7.36. The maximum Gasteiger partial charge on any atom is 0.264 e. The lowest BCUT2D eigenvalue weighted by Crippen LogP contribution is -2.53. The molecule has 0 spiro atoms. The lowest BCUT2D eigenvalue weighted by molar-refractivity contribution is -0.140. The van der Waals surface area contributed by atoms with Gasteiger partial charge in [0, 0.05) is 19.5 Å². The van der Waals surface area contributed by atoms with Crippen molar-refractivity contribution in [3.8, 4) is 0 Å². The first-order valence-electron chi connectivity index (χ1n) is 15.2. The molecule has 0 fully saturated rings.